The molecule has 1 heterocycles. The zero-order valence-corrected chi connectivity index (χ0v) is 12.9. The molecule has 20 heavy (non-hydrogen) atoms. The molecule has 110 valence electrons. The second-order valence-electron chi connectivity index (χ2n) is 5.38. The van der Waals surface area contributed by atoms with Crippen LogP contribution in [0.1, 0.15) is 37.7 Å². The predicted molar refractivity (Wildman–Crippen MR) is 84.3 cm³/mol. The van der Waals surface area contributed by atoms with Crippen molar-refractivity contribution in [3.8, 4) is 0 Å². The Morgan fingerprint density at radius 2 is 1.95 bits per heavy atom. The minimum atomic E-state index is 0.263. The molecule has 1 saturated heterocycles. The van der Waals surface area contributed by atoms with E-state index in [1.807, 2.05) is 30.0 Å². The van der Waals surface area contributed by atoms with Gasteiger partial charge >= 0.3 is 0 Å². The first-order chi connectivity index (χ1) is 9.68. The van der Waals surface area contributed by atoms with Gasteiger partial charge in [0, 0.05) is 36.8 Å². The Morgan fingerprint density at radius 3 is 2.65 bits per heavy atom. The summed E-state index contributed by atoms with van der Waals surface area (Å²) in [5.74, 6) is 0.263. The lowest BCUT2D eigenvalue weighted by Crippen LogP contribution is -2.32. The van der Waals surface area contributed by atoms with Crippen LogP contribution in [-0.4, -0.2) is 30.4 Å². The van der Waals surface area contributed by atoms with Crippen LogP contribution in [0.15, 0.2) is 18.2 Å². The fourth-order valence-electron chi connectivity index (χ4n) is 2.58. The van der Waals surface area contributed by atoms with Gasteiger partial charge in [-0.3, -0.25) is 4.79 Å². The van der Waals surface area contributed by atoms with Gasteiger partial charge in [0.1, 0.15) is 0 Å². The number of rotatable bonds is 4. The number of likely N-dealkylation sites (tertiary alicyclic amines) is 1. The summed E-state index contributed by atoms with van der Waals surface area (Å²) in [5.41, 5.74) is 2.05. The van der Waals surface area contributed by atoms with Crippen LogP contribution >= 0.6 is 11.6 Å². The Labute approximate surface area is 126 Å². The maximum atomic E-state index is 12.2. The van der Waals surface area contributed by atoms with Crippen molar-refractivity contribution >= 4 is 23.2 Å². The van der Waals surface area contributed by atoms with Crippen LogP contribution in [0, 0.1) is 6.92 Å². The van der Waals surface area contributed by atoms with Crippen molar-refractivity contribution in [2.75, 3.05) is 25.0 Å². The number of hydrogen-bond acceptors (Lipinski definition) is 2. The lowest BCUT2D eigenvalue weighted by atomic mass is 10.2. The van der Waals surface area contributed by atoms with Crippen LogP contribution in [0.2, 0.25) is 5.02 Å². The minimum absolute atomic E-state index is 0.263. The molecule has 0 spiro atoms. The van der Waals surface area contributed by atoms with Crippen LogP contribution in [0.4, 0.5) is 5.69 Å². The minimum Gasteiger partial charge on any atom is -0.384 e. The number of hydrogen-bond donors (Lipinski definition) is 1. The molecule has 2 rings (SSSR count). The second kappa shape index (κ2) is 7.53. The van der Waals surface area contributed by atoms with Gasteiger partial charge in [-0.2, -0.15) is 0 Å². The number of anilines is 1. The van der Waals surface area contributed by atoms with Crippen LogP contribution < -0.4 is 5.32 Å². The van der Waals surface area contributed by atoms with Crippen molar-refractivity contribution in [2.45, 2.75) is 39.0 Å². The van der Waals surface area contributed by atoms with E-state index in [0.29, 0.717) is 13.0 Å². The molecular weight excluding hydrogens is 272 g/mol. The molecule has 0 atom stereocenters. The molecule has 1 aliphatic rings. The number of halogens is 1. The van der Waals surface area contributed by atoms with E-state index < -0.39 is 0 Å². The molecule has 0 radical (unpaired) electrons. The molecule has 0 bridgehead atoms. The SMILES string of the molecule is Cc1c(Cl)cccc1NCCC(=O)N1CCCCCC1. The number of nitrogens with zero attached hydrogens (tertiary/aromatic N) is 1. The third-order valence-electron chi connectivity index (χ3n) is 3.88. The molecule has 1 aliphatic heterocycles. The monoisotopic (exact) mass is 294 g/mol. The third kappa shape index (κ3) is 4.14. The highest BCUT2D eigenvalue weighted by atomic mass is 35.5. The summed E-state index contributed by atoms with van der Waals surface area (Å²) in [4.78, 5) is 14.2. The van der Waals surface area contributed by atoms with Crippen molar-refractivity contribution in [1.29, 1.82) is 0 Å². The zero-order chi connectivity index (χ0) is 14.4. The van der Waals surface area contributed by atoms with Gasteiger partial charge in [-0.25, -0.2) is 0 Å². The highest BCUT2D eigenvalue weighted by Crippen LogP contribution is 2.22. The van der Waals surface area contributed by atoms with Gasteiger partial charge in [-0.1, -0.05) is 30.5 Å². The average molecular weight is 295 g/mol. The summed E-state index contributed by atoms with van der Waals surface area (Å²) in [6.45, 7) is 4.50. The van der Waals surface area contributed by atoms with E-state index >= 15 is 0 Å². The molecule has 0 unspecified atom stereocenters. The highest BCUT2D eigenvalue weighted by molar-refractivity contribution is 6.31. The molecule has 1 N–H and O–H groups in total. The summed E-state index contributed by atoms with van der Waals surface area (Å²) in [6.07, 6.45) is 5.35. The molecule has 3 nitrogen and oxygen atoms in total. The number of amides is 1. The fraction of sp³-hybridized carbons (Fsp3) is 0.562. The maximum absolute atomic E-state index is 12.2. The fourth-order valence-corrected chi connectivity index (χ4v) is 2.76. The Morgan fingerprint density at radius 1 is 1.25 bits per heavy atom. The first kappa shape index (κ1) is 15.2. The van der Waals surface area contributed by atoms with Crippen LogP contribution in [0.5, 0.6) is 0 Å². The molecule has 0 saturated carbocycles. The normalized spacial score (nSPS) is 15.8. The van der Waals surface area contributed by atoms with E-state index in [1.165, 1.54) is 12.8 Å². The van der Waals surface area contributed by atoms with Gasteiger partial charge in [0.05, 0.1) is 0 Å². The van der Waals surface area contributed by atoms with E-state index in [9.17, 15) is 4.79 Å². The molecule has 0 aliphatic carbocycles. The Balaban J connectivity index is 1.80. The van der Waals surface area contributed by atoms with E-state index in [0.717, 1.165) is 42.2 Å². The second-order valence-corrected chi connectivity index (χ2v) is 5.79. The van der Waals surface area contributed by atoms with Gasteiger partial charge in [0.15, 0.2) is 0 Å². The highest BCUT2D eigenvalue weighted by Gasteiger charge is 2.14. The first-order valence-corrected chi connectivity index (χ1v) is 7.83. The molecule has 1 fully saturated rings. The average Bonchev–Trinajstić information content (AvgIpc) is 2.72. The van der Waals surface area contributed by atoms with Gasteiger partial charge in [0.2, 0.25) is 5.91 Å². The Bertz CT molecular complexity index is 454. The molecule has 1 amide bonds. The largest absolute Gasteiger partial charge is 0.384 e. The van der Waals surface area contributed by atoms with E-state index in [4.69, 9.17) is 11.6 Å². The lowest BCUT2D eigenvalue weighted by Gasteiger charge is -2.20. The molecule has 1 aromatic carbocycles. The van der Waals surface area contributed by atoms with E-state index in [1.54, 1.807) is 0 Å². The van der Waals surface area contributed by atoms with E-state index in [-0.39, 0.29) is 5.91 Å². The van der Waals surface area contributed by atoms with Crippen LogP contribution in [0.3, 0.4) is 0 Å². The summed E-state index contributed by atoms with van der Waals surface area (Å²) in [5, 5.41) is 4.07. The number of carbonyl (C=O) groups is 1. The summed E-state index contributed by atoms with van der Waals surface area (Å²) in [7, 11) is 0. The molecule has 4 heteroatoms. The van der Waals surface area contributed by atoms with Crippen molar-refractivity contribution in [3.63, 3.8) is 0 Å². The van der Waals surface area contributed by atoms with Crippen LogP contribution in [0.25, 0.3) is 0 Å². The molecular formula is C16H23ClN2O. The predicted octanol–water partition coefficient (Wildman–Crippen LogP) is 3.85. The third-order valence-corrected chi connectivity index (χ3v) is 4.29. The first-order valence-electron chi connectivity index (χ1n) is 7.45. The quantitative estimate of drug-likeness (QED) is 0.915. The van der Waals surface area contributed by atoms with Gasteiger partial charge in [-0.15, -0.1) is 0 Å². The Kier molecular flexibility index (Phi) is 5.72. The topological polar surface area (TPSA) is 32.3 Å². The van der Waals surface area contributed by atoms with Crippen molar-refractivity contribution in [3.05, 3.63) is 28.8 Å². The van der Waals surface area contributed by atoms with Gasteiger partial charge < -0.3 is 10.2 Å². The lowest BCUT2D eigenvalue weighted by molar-refractivity contribution is -0.130. The smallest absolute Gasteiger partial charge is 0.224 e. The Hall–Kier alpha value is -1.22. The molecule has 0 aromatic heterocycles. The zero-order valence-electron chi connectivity index (χ0n) is 12.1. The van der Waals surface area contributed by atoms with E-state index in [2.05, 4.69) is 5.32 Å². The van der Waals surface area contributed by atoms with Crippen molar-refractivity contribution in [2.24, 2.45) is 0 Å². The number of nitrogens with one attached hydrogen (secondary N) is 1. The molecule has 1 aromatic rings. The van der Waals surface area contributed by atoms with Crippen LogP contribution in [-0.2, 0) is 4.79 Å². The summed E-state index contributed by atoms with van der Waals surface area (Å²) < 4.78 is 0. The van der Waals surface area contributed by atoms with Gasteiger partial charge in [0.25, 0.3) is 0 Å². The van der Waals surface area contributed by atoms with Crippen molar-refractivity contribution in [1.82, 2.24) is 4.90 Å². The maximum Gasteiger partial charge on any atom is 0.224 e. The number of carbonyl (C=O) groups excluding carboxylic acids is 1. The standard InChI is InChI=1S/C16H23ClN2O/c1-13-14(17)7-6-8-15(13)18-10-9-16(20)19-11-4-2-3-5-12-19/h6-8,18H,2-5,9-12H2,1H3. The summed E-state index contributed by atoms with van der Waals surface area (Å²) >= 11 is 6.08. The van der Waals surface area contributed by atoms with Gasteiger partial charge in [-0.05, 0) is 37.5 Å². The van der Waals surface area contributed by atoms with Crippen molar-refractivity contribution < 1.29 is 4.79 Å². The number of benzene rings is 1. The summed E-state index contributed by atoms with van der Waals surface area (Å²) in [6, 6.07) is 5.80.